The molecule has 88 valence electrons. The van der Waals surface area contributed by atoms with Crippen molar-refractivity contribution >= 4 is 0 Å². The third-order valence-electron chi connectivity index (χ3n) is 3.30. The molecule has 2 nitrogen and oxygen atoms in total. The summed E-state index contributed by atoms with van der Waals surface area (Å²) in [5, 5.41) is 9.62. The lowest BCUT2D eigenvalue weighted by molar-refractivity contribution is 0.0316. The van der Waals surface area contributed by atoms with Gasteiger partial charge in [0, 0.05) is 25.2 Å². The van der Waals surface area contributed by atoms with Gasteiger partial charge in [0.25, 0.3) is 0 Å². The minimum Gasteiger partial charge on any atom is -0.393 e. The van der Waals surface area contributed by atoms with E-state index in [1.807, 2.05) is 19.1 Å². The summed E-state index contributed by atoms with van der Waals surface area (Å²) in [6.07, 6.45) is 0.590. The van der Waals surface area contributed by atoms with Crippen molar-refractivity contribution < 1.29 is 9.50 Å². The lowest BCUT2D eigenvalue weighted by atomic mass is 9.96. The average molecular weight is 223 g/mol. The minimum atomic E-state index is -0.197. The molecule has 1 aliphatic heterocycles. The fraction of sp³-hybridized carbons (Fsp3) is 0.538. The van der Waals surface area contributed by atoms with Crippen molar-refractivity contribution in [3.8, 4) is 0 Å². The van der Waals surface area contributed by atoms with Crippen LogP contribution in [-0.4, -0.2) is 29.2 Å². The highest BCUT2D eigenvalue weighted by molar-refractivity contribution is 5.17. The topological polar surface area (TPSA) is 23.5 Å². The second kappa shape index (κ2) is 4.93. The monoisotopic (exact) mass is 223 g/mol. The molecule has 2 atom stereocenters. The van der Waals surface area contributed by atoms with Crippen LogP contribution in [0.1, 0.15) is 18.9 Å². The van der Waals surface area contributed by atoms with Gasteiger partial charge in [-0.1, -0.05) is 25.1 Å². The maximum Gasteiger partial charge on any atom is 0.127 e. The van der Waals surface area contributed by atoms with Gasteiger partial charge in [0.15, 0.2) is 0 Å². The molecule has 0 aliphatic carbocycles. The summed E-state index contributed by atoms with van der Waals surface area (Å²) in [6.45, 7) is 4.37. The van der Waals surface area contributed by atoms with Crippen molar-refractivity contribution in [1.82, 2.24) is 4.90 Å². The van der Waals surface area contributed by atoms with Crippen LogP contribution < -0.4 is 0 Å². The maximum absolute atomic E-state index is 13.4. The summed E-state index contributed by atoms with van der Waals surface area (Å²) in [4.78, 5) is 2.20. The molecular weight excluding hydrogens is 205 g/mol. The lowest BCUT2D eigenvalue weighted by Gasteiger charge is -2.34. The van der Waals surface area contributed by atoms with Gasteiger partial charge in [-0.25, -0.2) is 4.39 Å². The van der Waals surface area contributed by atoms with E-state index in [4.69, 9.17) is 0 Å². The predicted molar refractivity (Wildman–Crippen MR) is 61.5 cm³/mol. The highest BCUT2D eigenvalue weighted by Crippen LogP contribution is 2.19. The molecule has 0 spiro atoms. The van der Waals surface area contributed by atoms with Crippen molar-refractivity contribution in [3.05, 3.63) is 35.6 Å². The maximum atomic E-state index is 13.4. The molecular formula is C13H18FNO. The molecule has 1 heterocycles. The van der Waals surface area contributed by atoms with Crippen LogP contribution >= 0.6 is 0 Å². The highest BCUT2D eigenvalue weighted by Gasteiger charge is 2.24. The fourth-order valence-electron chi connectivity index (χ4n) is 2.23. The van der Waals surface area contributed by atoms with E-state index in [1.165, 1.54) is 6.07 Å². The Morgan fingerprint density at radius 1 is 1.44 bits per heavy atom. The molecule has 2 rings (SSSR count). The van der Waals surface area contributed by atoms with Gasteiger partial charge in [-0.15, -0.1) is 0 Å². The summed E-state index contributed by atoms with van der Waals surface area (Å²) < 4.78 is 13.4. The molecule has 1 aliphatic rings. The smallest absolute Gasteiger partial charge is 0.127 e. The molecule has 0 aromatic heterocycles. The van der Waals surface area contributed by atoms with Crippen LogP contribution in [0.4, 0.5) is 4.39 Å². The third kappa shape index (κ3) is 2.60. The standard InChI is InChI=1S/C13H18FNO/c1-10-8-15(7-6-13(10)16)9-11-4-2-3-5-12(11)14/h2-5,10,13,16H,6-9H2,1H3/t10-,13-/m1/s1. The summed E-state index contributed by atoms with van der Waals surface area (Å²) in [7, 11) is 0. The number of aliphatic hydroxyl groups is 1. The van der Waals surface area contributed by atoms with Crippen molar-refractivity contribution in [2.24, 2.45) is 5.92 Å². The number of hydrogen-bond acceptors (Lipinski definition) is 2. The Morgan fingerprint density at radius 3 is 2.88 bits per heavy atom. The van der Waals surface area contributed by atoms with Crippen molar-refractivity contribution in [3.63, 3.8) is 0 Å². The van der Waals surface area contributed by atoms with Gasteiger partial charge in [0.2, 0.25) is 0 Å². The van der Waals surface area contributed by atoms with Crippen LogP contribution in [0.3, 0.4) is 0 Å². The number of hydrogen-bond donors (Lipinski definition) is 1. The normalized spacial score (nSPS) is 26.9. The molecule has 16 heavy (non-hydrogen) atoms. The van der Waals surface area contributed by atoms with E-state index < -0.39 is 0 Å². The Kier molecular flexibility index (Phi) is 3.56. The zero-order chi connectivity index (χ0) is 11.5. The zero-order valence-corrected chi connectivity index (χ0v) is 9.56. The first-order valence-corrected chi connectivity index (χ1v) is 5.80. The second-order valence-electron chi connectivity index (χ2n) is 4.66. The van der Waals surface area contributed by atoms with Crippen LogP contribution in [0.15, 0.2) is 24.3 Å². The number of aliphatic hydroxyl groups excluding tert-OH is 1. The van der Waals surface area contributed by atoms with Gasteiger partial charge < -0.3 is 5.11 Å². The van der Waals surface area contributed by atoms with Crippen LogP contribution in [0.5, 0.6) is 0 Å². The Bertz CT molecular complexity index is 356. The number of nitrogens with zero attached hydrogens (tertiary/aromatic N) is 1. The van der Waals surface area contributed by atoms with Crippen LogP contribution in [0.2, 0.25) is 0 Å². The van der Waals surface area contributed by atoms with Gasteiger partial charge in [-0.2, -0.15) is 0 Å². The summed E-state index contributed by atoms with van der Waals surface area (Å²) >= 11 is 0. The Hall–Kier alpha value is -0.930. The first-order chi connectivity index (χ1) is 7.66. The average Bonchev–Trinajstić information content (AvgIpc) is 2.27. The molecule has 0 bridgehead atoms. The van der Waals surface area contributed by atoms with E-state index in [0.29, 0.717) is 6.54 Å². The number of likely N-dealkylation sites (tertiary alicyclic amines) is 1. The molecule has 3 heteroatoms. The van der Waals surface area contributed by atoms with E-state index in [9.17, 15) is 9.50 Å². The largest absolute Gasteiger partial charge is 0.393 e. The van der Waals surface area contributed by atoms with E-state index in [2.05, 4.69) is 4.90 Å². The Labute approximate surface area is 95.7 Å². The molecule has 1 N–H and O–H groups in total. The summed E-state index contributed by atoms with van der Waals surface area (Å²) in [5.74, 6) is 0.141. The molecule has 1 aromatic carbocycles. The van der Waals surface area contributed by atoms with E-state index in [0.717, 1.165) is 25.1 Å². The molecule has 1 aromatic rings. The van der Waals surface area contributed by atoms with Gasteiger partial charge >= 0.3 is 0 Å². The molecule has 0 unspecified atom stereocenters. The second-order valence-corrected chi connectivity index (χ2v) is 4.66. The van der Waals surface area contributed by atoms with Crippen molar-refractivity contribution in [2.45, 2.75) is 26.0 Å². The summed E-state index contributed by atoms with van der Waals surface area (Å²) in [5.41, 5.74) is 0.742. The van der Waals surface area contributed by atoms with Gasteiger partial charge in [0.05, 0.1) is 6.10 Å². The molecule has 0 amide bonds. The number of benzene rings is 1. The highest BCUT2D eigenvalue weighted by atomic mass is 19.1. The SMILES string of the molecule is C[C@@H]1CN(Cc2ccccc2F)CC[C@H]1O. The predicted octanol–water partition coefficient (Wildman–Crippen LogP) is 2.03. The zero-order valence-electron chi connectivity index (χ0n) is 9.56. The minimum absolute atomic E-state index is 0.138. The Balaban J connectivity index is 1.98. The van der Waals surface area contributed by atoms with Crippen LogP contribution in [0.25, 0.3) is 0 Å². The van der Waals surface area contributed by atoms with E-state index >= 15 is 0 Å². The van der Waals surface area contributed by atoms with Crippen LogP contribution in [0, 0.1) is 11.7 Å². The Morgan fingerprint density at radius 2 is 2.19 bits per heavy atom. The van der Waals surface area contributed by atoms with E-state index in [1.54, 1.807) is 6.07 Å². The van der Waals surface area contributed by atoms with Crippen molar-refractivity contribution in [1.29, 1.82) is 0 Å². The van der Waals surface area contributed by atoms with Gasteiger partial charge in [-0.05, 0) is 18.4 Å². The molecule has 1 saturated heterocycles. The fourth-order valence-corrected chi connectivity index (χ4v) is 2.23. The third-order valence-corrected chi connectivity index (χ3v) is 3.30. The summed E-state index contributed by atoms with van der Waals surface area (Å²) in [6, 6.07) is 6.89. The lowest BCUT2D eigenvalue weighted by Crippen LogP contribution is -2.41. The van der Waals surface area contributed by atoms with E-state index in [-0.39, 0.29) is 17.8 Å². The van der Waals surface area contributed by atoms with Crippen molar-refractivity contribution in [2.75, 3.05) is 13.1 Å². The van der Waals surface area contributed by atoms with Crippen LogP contribution in [-0.2, 0) is 6.54 Å². The molecule has 1 fully saturated rings. The van der Waals surface area contributed by atoms with Gasteiger partial charge in [-0.3, -0.25) is 4.90 Å². The first kappa shape index (κ1) is 11.6. The van der Waals surface area contributed by atoms with Gasteiger partial charge in [0.1, 0.15) is 5.82 Å². The first-order valence-electron chi connectivity index (χ1n) is 5.80. The number of halogens is 1. The number of rotatable bonds is 2. The molecule has 0 saturated carbocycles. The number of piperidine rings is 1. The quantitative estimate of drug-likeness (QED) is 0.829. The molecule has 0 radical (unpaired) electrons.